The van der Waals surface area contributed by atoms with E-state index in [2.05, 4.69) is 10.6 Å². The fourth-order valence-corrected chi connectivity index (χ4v) is 2.80. The van der Waals surface area contributed by atoms with Gasteiger partial charge in [0.2, 0.25) is 0 Å². The van der Waals surface area contributed by atoms with Gasteiger partial charge in [-0.15, -0.1) is 0 Å². The minimum Gasteiger partial charge on any atom is -0.496 e. The summed E-state index contributed by atoms with van der Waals surface area (Å²) in [5.41, 5.74) is 2.11. The van der Waals surface area contributed by atoms with E-state index in [0.29, 0.717) is 0 Å². The highest BCUT2D eigenvalue weighted by molar-refractivity contribution is 5.75. The van der Waals surface area contributed by atoms with E-state index in [1.807, 2.05) is 39.0 Å². The second-order valence-corrected chi connectivity index (χ2v) is 5.93. The van der Waals surface area contributed by atoms with Gasteiger partial charge in [-0.05, 0) is 39.7 Å². The van der Waals surface area contributed by atoms with Crippen LogP contribution in [-0.2, 0) is 4.74 Å². The number of aryl methyl sites for hydroxylation is 1. The van der Waals surface area contributed by atoms with E-state index in [1.165, 1.54) is 0 Å². The summed E-state index contributed by atoms with van der Waals surface area (Å²) in [6, 6.07) is 5.65. The van der Waals surface area contributed by atoms with Gasteiger partial charge < -0.3 is 20.1 Å². The molecule has 0 aliphatic carbocycles. The predicted molar refractivity (Wildman–Crippen MR) is 86.2 cm³/mol. The maximum atomic E-state index is 12.2. The molecule has 5 nitrogen and oxygen atoms in total. The largest absolute Gasteiger partial charge is 0.496 e. The highest BCUT2D eigenvalue weighted by Crippen LogP contribution is 2.26. The molecule has 1 saturated heterocycles. The van der Waals surface area contributed by atoms with Crippen LogP contribution < -0.4 is 15.4 Å². The fourth-order valence-electron chi connectivity index (χ4n) is 2.80. The average Bonchev–Trinajstić information content (AvgIpc) is 3.01. The van der Waals surface area contributed by atoms with Crippen LogP contribution in [0.5, 0.6) is 5.75 Å². The smallest absolute Gasteiger partial charge is 0.315 e. The standard InChI is InChI=1S/C17H26N2O3/c1-11-7-8-16(21-4)14(10-11)12(2)18-17(20)19-13(3)15-6-5-9-22-15/h7-8,10,12-13,15H,5-6,9H2,1-4H3,(H2,18,19,20). The molecule has 3 atom stereocenters. The fraction of sp³-hybridized carbons (Fsp3) is 0.588. The Bertz CT molecular complexity index is 513. The summed E-state index contributed by atoms with van der Waals surface area (Å²) in [5, 5.41) is 5.93. The van der Waals surface area contributed by atoms with Crippen molar-refractivity contribution in [3.8, 4) is 5.75 Å². The van der Waals surface area contributed by atoms with Crippen molar-refractivity contribution in [2.75, 3.05) is 13.7 Å². The predicted octanol–water partition coefficient (Wildman–Crippen LogP) is 2.93. The molecule has 122 valence electrons. The van der Waals surface area contributed by atoms with E-state index in [4.69, 9.17) is 9.47 Å². The molecule has 2 rings (SSSR count). The number of hydrogen-bond acceptors (Lipinski definition) is 3. The Morgan fingerprint density at radius 3 is 2.77 bits per heavy atom. The second-order valence-electron chi connectivity index (χ2n) is 5.93. The maximum Gasteiger partial charge on any atom is 0.315 e. The Balaban J connectivity index is 1.94. The summed E-state index contributed by atoms with van der Waals surface area (Å²) < 4.78 is 11.0. The van der Waals surface area contributed by atoms with Crippen molar-refractivity contribution in [3.63, 3.8) is 0 Å². The van der Waals surface area contributed by atoms with Crippen molar-refractivity contribution in [2.24, 2.45) is 0 Å². The number of benzene rings is 1. The Morgan fingerprint density at radius 1 is 1.36 bits per heavy atom. The van der Waals surface area contributed by atoms with Gasteiger partial charge in [-0.25, -0.2) is 4.79 Å². The average molecular weight is 306 g/mol. The zero-order chi connectivity index (χ0) is 16.1. The van der Waals surface area contributed by atoms with Gasteiger partial charge in [0.1, 0.15) is 5.75 Å². The first-order valence-electron chi connectivity index (χ1n) is 7.84. The Hall–Kier alpha value is -1.75. The first-order chi connectivity index (χ1) is 10.5. The van der Waals surface area contributed by atoms with Crippen molar-refractivity contribution in [1.29, 1.82) is 0 Å². The van der Waals surface area contributed by atoms with Crippen molar-refractivity contribution in [1.82, 2.24) is 10.6 Å². The van der Waals surface area contributed by atoms with Crippen molar-refractivity contribution in [3.05, 3.63) is 29.3 Å². The SMILES string of the molecule is COc1ccc(C)cc1C(C)NC(=O)NC(C)C1CCCO1. The number of carbonyl (C=O) groups excluding carboxylic acids is 1. The lowest BCUT2D eigenvalue weighted by Crippen LogP contribution is -2.46. The lowest BCUT2D eigenvalue weighted by molar-refractivity contribution is 0.0859. The van der Waals surface area contributed by atoms with Gasteiger partial charge in [0, 0.05) is 12.2 Å². The number of nitrogens with one attached hydrogen (secondary N) is 2. The molecule has 0 aromatic heterocycles. The lowest BCUT2D eigenvalue weighted by atomic mass is 10.0. The van der Waals surface area contributed by atoms with E-state index in [0.717, 1.165) is 36.3 Å². The summed E-state index contributed by atoms with van der Waals surface area (Å²) in [7, 11) is 1.64. The molecule has 5 heteroatoms. The number of ether oxygens (including phenoxy) is 2. The second kappa shape index (κ2) is 7.49. The monoisotopic (exact) mass is 306 g/mol. The molecule has 1 aliphatic heterocycles. The van der Waals surface area contributed by atoms with Gasteiger partial charge in [0.15, 0.2) is 0 Å². The van der Waals surface area contributed by atoms with Gasteiger partial charge in [0.25, 0.3) is 0 Å². The molecule has 0 radical (unpaired) electrons. The highest BCUT2D eigenvalue weighted by atomic mass is 16.5. The topological polar surface area (TPSA) is 59.6 Å². The third-order valence-corrected chi connectivity index (χ3v) is 4.08. The molecular formula is C17H26N2O3. The summed E-state index contributed by atoms with van der Waals surface area (Å²) in [4.78, 5) is 12.2. The Morgan fingerprint density at radius 2 is 2.14 bits per heavy atom. The van der Waals surface area contributed by atoms with Crippen LogP contribution in [0.1, 0.15) is 43.9 Å². The van der Waals surface area contributed by atoms with Crippen LogP contribution in [0.25, 0.3) is 0 Å². The van der Waals surface area contributed by atoms with Crippen LogP contribution in [-0.4, -0.2) is 31.9 Å². The number of amides is 2. The maximum absolute atomic E-state index is 12.2. The molecule has 2 amide bonds. The molecule has 1 aliphatic rings. The number of hydrogen-bond donors (Lipinski definition) is 2. The Labute approximate surface area is 132 Å². The summed E-state index contributed by atoms with van der Waals surface area (Å²) >= 11 is 0. The number of urea groups is 1. The minimum atomic E-state index is -0.181. The first-order valence-corrected chi connectivity index (χ1v) is 7.84. The van der Waals surface area contributed by atoms with Crippen molar-refractivity contribution >= 4 is 6.03 Å². The number of methoxy groups -OCH3 is 1. The van der Waals surface area contributed by atoms with Crippen LogP contribution >= 0.6 is 0 Å². The molecule has 0 saturated carbocycles. The normalized spacial score (nSPS) is 20.3. The van der Waals surface area contributed by atoms with Crippen LogP contribution in [0.3, 0.4) is 0 Å². The zero-order valence-electron chi connectivity index (χ0n) is 13.8. The van der Waals surface area contributed by atoms with Gasteiger partial charge in [-0.1, -0.05) is 17.7 Å². The quantitative estimate of drug-likeness (QED) is 0.879. The van der Waals surface area contributed by atoms with Gasteiger partial charge in [-0.2, -0.15) is 0 Å². The van der Waals surface area contributed by atoms with Crippen molar-refractivity contribution in [2.45, 2.75) is 51.8 Å². The lowest BCUT2D eigenvalue weighted by Gasteiger charge is -2.23. The third-order valence-electron chi connectivity index (χ3n) is 4.08. The van der Waals surface area contributed by atoms with Gasteiger partial charge in [0.05, 0.1) is 25.3 Å². The highest BCUT2D eigenvalue weighted by Gasteiger charge is 2.24. The molecular weight excluding hydrogens is 280 g/mol. The van der Waals surface area contributed by atoms with Crippen LogP contribution in [0.4, 0.5) is 4.79 Å². The number of rotatable bonds is 5. The summed E-state index contributed by atoms with van der Waals surface area (Å²) in [5.74, 6) is 0.783. The molecule has 22 heavy (non-hydrogen) atoms. The molecule has 0 bridgehead atoms. The van der Waals surface area contributed by atoms with E-state index in [1.54, 1.807) is 7.11 Å². The summed E-state index contributed by atoms with van der Waals surface area (Å²) in [6.45, 7) is 6.74. The minimum absolute atomic E-state index is 0.00843. The van der Waals surface area contributed by atoms with Gasteiger partial charge in [-0.3, -0.25) is 0 Å². The third kappa shape index (κ3) is 4.13. The van der Waals surface area contributed by atoms with E-state index >= 15 is 0 Å². The molecule has 3 unspecified atom stereocenters. The summed E-state index contributed by atoms with van der Waals surface area (Å²) in [6.07, 6.45) is 2.19. The van der Waals surface area contributed by atoms with Crippen LogP contribution in [0.2, 0.25) is 0 Å². The molecule has 0 spiro atoms. The zero-order valence-corrected chi connectivity index (χ0v) is 13.8. The first kappa shape index (κ1) is 16.6. The molecule has 2 N–H and O–H groups in total. The van der Waals surface area contributed by atoms with Crippen LogP contribution in [0, 0.1) is 6.92 Å². The molecule has 1 aromatic rings. The molecule has 1 fully saturated rings. The van der Waals surface area contributed by atoms with E-state index in [9.17, 15) is 4.79 Å². The van der Waals surface area contributed by atoms with E-state index < -0.39 is 0 Å². The van der Waals surface area contributed by atoms with Crippen LogP contribution in [0.15, 0.2) is 18.2 Å². The molecule has 1 aromatic carbocycles. The number of carbonyl (C=O) groups is 1. The van der Waals surface area contributed by atoms with Crippen molar-refractivity contribution < 1.29 is 14.3 Å². The van der Waals surface area contributed by atoms with Gasteiger partial charge >= 0.3 is 6.03 Å². The molecule has 1 heterocycles. The Kier molecular flexibility index (Phi) is 5.66. The van der Waals surface area contributed by atoms with E-state index in [-0.39, 0.29) is 24.2 Å².